The van der Waals surface area contributed by atoms with Gasteiger partial charge in [0.05, 0.1) is 21.7 Å². The van der Waals surface area contributed by atoms with E-state index >= 15 is 0 Å². The lowest BCUT2D eigenvalue weighted by molar-refractivity contribution is 0.0697. The molecule has 1 aromatic heterocycles. The van der Waals surface area contributed by atoms with Gasteiger partial charge in [-0.05, 0) is 81.1 Å². The summed E-state index contributed by atoms with van der Waals surface area (Å²) in [5.74, 6) is -1.05. The van der Waals surface area contributed by atoms with Crippen molar-refractivity contribution < 1.29 is 18.3 Å². The molecule has 2 saturated heterocycles. The van der Waals surface area contributed by atoms with Crippen LogP contribution in [-0.4, -0.2) is 61.6 Å². The molecule has 36 heavy (non-hydrogen) atoms. The van der Waals surface area contributed by atoms with Gasteiger partial charge >= 0.3 is 5.97 Å². The van der Waals surface area contributed by atoms with Crippen molar-refractivity contribution in [2.75, 3.05) is 31.1 Å². The lowest BCUT2D eigenvalue weighted by Gasteiger charge is -2.41. The first-order chi connectivity index (χ1) is 17.4. The maximum atomic E-state index is 13.9. The Morgan fingerprint density at radius 3 is 2.33 bits per heavy atom. The molecule has 8 heteroatoms. The first-order valence-electron chi connectivity index (χ1n) is 12.9. The fourth-order valence-electron chi connectivity index (χ4n) is 5.59. The van der Waals surface area contributed by atoms with Crippen molar-refractivity contribution >= 4 is 32.4 Å². The molecule has 7 nitrogen and oxygen atoms in total. The number of anilines is 1. The lowest BCUT2D eigenvalue weighted by Crippen LogP contribution is -2.47. The number of carbonyl (C=O) groups is 1. The van der Waals surface area contributed by atoms with E-state index in [1.54, 1.807) is 24.3 Å². The van der Waals surface area contributed by atoms with Crippen LogP contribution in [-0.2, 0) is 16.3 Å². The number of sulfone groups is 1. The molecule has 2 aromatic carbocycles. The van der Waals surface area contributed by atoms with Crippen LogP contribution in [0.4, 0.5) is 5.69 Å². The minimum absolute atomic E-state index is 0.121. The van der Waals surface area contributed by atoms with Crippen molar-refractivity contribution in [3.63, 3.8) is 0 Å². The van der Waals surface area contributed by atoms with Crippen molar-refractivity contribution in [2.45, 2.75) is 61.3 Å². The number of aromatic carboxylic acids is 1. The van der Waals surface area contributed by atoms with E-state index in [9.17, 15) is 18.3 Å². The van der Waals surface area contributed by atoms with Crippen LogP contribution < -0.4 is 4.90 Å². The van der Waals surface area contributed by atoms with Gasteiger partial charge in [0.15, 0.2) is 0 Å². The summed E-state index contributed by atoms with van der Waals surface area (Å²) in [5.41, 5.74) is 2.35. The summed E-state index contributed by atoms with van der Waals surface area (Å²) < 4.78 is 27.8. The topological polar surface area (TPSA) is 90.8 Å². The Labute approximate surface area is 212 Å². The number of carboxylic acids is 1. The van der Waals surface area contributed by atoms with Crippen molar-refractivity contribution in [3.8, 4) is 0 Å². The zero-order valence-corrected chi connectivity index (χ0v) is 21.5. The Kier molecular flexibility index (Phi) is 6.99. The highest BCUT2D eigenvalue weighted by Crippen LogP contribution is 2.38. The third kappa shape index (κ3) is 4.72. The molecule has 2 fully saturated rings. The molecule has 0 aliphatic carbocycles. The van der Waals surface area contributed by atoms with Gasteiger partial charge in [-0.25, -0.2) is 13.2 Å². The molecule has 0 unspecified atom stereocenters. The Balaban J connectivity index is 1.58. The number of likely N-dealkylation sites (tertiary alicyclic amines) is 1. The number of benzene rings is 2. The summed E-state index contributed by atoms with van der Waals surface area (Å²) in [6, 6.07) is 12.2. The highest BCUT2D eigenvalue weighted by molar-refractivity contribution is 7.91. The van der Waals surface area contributed by atoms with Gasteiger partial charge in [-0.2, -0.15) is 0 Å². The molecule has 190 valence electrons. The van der Waals surface area contributed by atoms with E-state index in [1.807, 2.05) is 19.1 Å². The molecule has 0 radical (unpaired) electrons. The number of nitrogens with zero attached hydrogens (tertiary/aromatic N) is 3. The third-order valence-corrected chi connectivity index (χ3v) is 9.44. The Bertz CT molecular complexity index is 1360. The summed E-state index contributed by atoms with van der Waals surface area (Å²) in [5, 5.41) is 10.2. The minimum Gasteiger partial charge on any atom is -0.478 e. The molecule has 5 rings (SSSR count). The minimum atomic E-state index is -3.86. The van der Waals surface area contributed by atoms with Gasteiger partial charge in [0.2, 0.25) is 9.84 Å². The SMILES string of the molecule is CCc1ccc(S(=O)(=O)c2cnc3ccc(C(=O)O)cc3c2N2CCC(N3CCCCC3)CC2)cc1. The highest BCUT2D eigenvalue weighted by Gasteiger charge is 2.31. The molecule has 0 saturated carbocycles. The van der Waals surface area contributed by atoms with Crippen molar-refractivity contribution in [1.29, 1.82) is 0 Å². The number of aryl methyl sites for hydroxylation is 1. The summed E-state index contributed by atoms with van der Waals surface area (Å²) in [6.07, 6.45) is 7.95. The molecule has 0 spiro atoms. The van der Waals surface area contributed by atoms with E-state index in [0.717, 1.165) is 51.0 Å². The summed E-state index contributed by atoms with van der Waals surface area (Å²) in [7, 11) is -3.86. The van der Waals surface area contributed by atoms with E-state index in [2.05, 4.69) is 14.8 Å². The molecule has 3 aromatic rings. The van der Waals surface area contributed by atoms with Gasteiger partial charge in [-0.3, -0.25) is 4.98 Å². The zero-order chi connectivity index (χ0) is 25.3. The molecule has 0 amide bonds. The monoisotopic (exact) mass is 507 g/mol. The number of fused-ring (bicyclic) bond motifs is 1. The number of carboxylic acid groups (broad SMARTS) is 1. The van der Waals surface area contributed by atoms with E-state index in [1.165, 1.54) is 31.5 Å². The molecule has 1 N–H and O–H groups in total. The van der Waals surface area contributed by atoms with Crippen LogP contribution >= 0.6 is 0 Å². The Hall–Kier alpha value is -2.97. The maximum Gasteiger partial charge on any atom is 0.335 e. The van der Waals surface area contributed by atoms with Crippen LogP contribution in [0.5, 0.6) is 0 Å². The Morgan fingerprint density at radius 1 is 1.00 bits per heavy atom. The van der Waals surface area contributed by atoms with E-state index in [0.29, 0.717) is 22.6 Å². The van der Waals surface area contributed by atoms with Crippen LogP contribution in [0.15, 0.2) is 58.5 Å². The number of pyridine rings is 1. The molecule has 2 aliphatic heterocycles. The number of hydrogen-bond acceptors (Lipinski definition) is 6. The molecule has 0 bridgehead atoms. The Morgan fingerprint density at radius 2 is 1.69 bits per heavy atom. The number of aromatic nitrogens is 1. The van der Waals surface area contributed by atoms with Crippen molar-refractivity contribution in [2.24, 2.45) is 0 Å². The van der Waals surface area contributed by atoms with Crippen molar-refractivity contribution in [1.82, 2.24) is 9.88 Å². The van der Waals surface area contributed by atoms with Crippen LogP contribution in [0, 0.1) is 0 Å². The quantitative estimate of drug-likeness (QED) is 0.513. The van der Waals surface area contributed by atoms with Crippen LogP contribution in [0.3, 0.4) is 0 Å². The first kappa shape index (κ1) is 24.7. The van der Waals surface area contributed by atoms with Gasteiger partial charge in [0.1, 0.15) is 4.90 Å². The summed E-state index contributed by atoms with van der Waals surface area (Å²) in [4.78, 5) is 21.3. The van der Waals surface area contributed by atoms with Gasteiger partial charge < -0.3 is 14.9 Å². The standard InChI is InChI=1S/C28H33N3O4S/c1-2-20-6-9-23(10-7-20)36(34,35)26-19-29-25-11-8-21(28(32)33)18-24(25)27(26)31-16-12-22(13-17-31)30-14-4-3-5-15-30/h6-11,18-19,22H,2-5,12-17H2,1H3,(H,32,33). The third-order valence-electron chi connectivity index (χ3n) is 7.67. The zero-order valence-electron chi connectivity index (χ0n) is 20.7. The van der Waals surface area contributed by atoms with Crippen LogP contribution in [0.1, 0.15) is 54.9 Å². The van der Waals surface area contributed by atoms with E-state index < -0.39 is 15.8 Å². The molecular weight excluding hydrogens is 474 g/mol. The molecule has 0 atom stereocenters. The second-order valence-corrected chi connectivity index (χ2v) is 11.7. The fourth-order valence-corrected chi connectivity index (χ4v) is 7.02. The molecule has 3 heterocycles. The molecule has 2 aliphatic rings. The number of hydrogen-bond donors (Lipinski definition) is 1. The van der Waals surface area contributed by atoms with Gasteiger partial charge in [-0.15, -0.1) is 0 Å². The van der Waals surface area contributed by atoms with Crippen molar-refractivity contribution in [3.05, 3.63) is 59.8 Å². The average molecular weight is 508 g/mol. The van der Waals surface area contributed by atoms with Crippen LogP contribution in [0.2, 0.25) is 0 Å². The largest absolute Gasteiger partial charge is 0.478 e. The average Bonchev–Trinajstić information content (AvgIpc) is 2.92. The van der Waals surface area contributed by atoms with E-state index in [-0.39, 0.29) is 15.4 Å². The molecular formula is C28H33N3O4S. The second kappa shape index (κ2) is 10.2. The first-order valence-corrected chi connectivity index (χ1v) is 14.4. The second-order valence-electron chi connectivity index (χ2n) is 9.82. The highest BCUT2D eigenvalue weighted by atomic mass is 32.2. The fraction of sp³-hybridized carbons (Fsp3) is 0.429. The summed E-state index contributed by atoms with van der Waals surface area (Å²) >= 11 is 0. The van der Waals surface area contributed by atoms with Gasteiger partial charge in [0, 0.05) is 30.7 Å². The number of rotatable bonds is 6. The van der Waals surface area contributed by atoms with Gasteiger partial charge in [0.25, 0.3) is 0 Å². The lowest BCUT2D eigenvalue weighted by atomic mass is 9.99. The van der Waals surface area contributed by atoms with Crippen LogP contribution in [0.25, 0.3) is 10.9 Å². The normalized spacial score (nSPS) is 18.0. The predicted molar refractivity (Wildman–Crippen MR) is 141 cm³/mol. The van der Waals surface area contributed by atoms with Gasteiger partial charge in [-0.1, -0.05) is 25.5 Å². The summed E-state index contributed by atoms with van der Waals surface area (Å²) in [6.45, 7) is 5.74. The van der Waals surface area contributed by atoms with E-state index in [4.69, 9.17) is 0 Å². The maximum absolute atomic E-state index is 13.9. The number of piperidine rings is 2. The smallest absolute Gasteiger partial charge is 0.335 e. The predicted octanol–water partition coefficient (Wildman–Crippen LogP) is 4.78.